The van der Waals surface area contributed by atoms with Crippen LogP contribution < -0.4 is 5.32 Å². The molecule has 0 bridgehead atoms. The number of piperidine rings is 1. The Labute approximate surface area is 213 Å². The summed E-state index contributed by atoms with van der Waals surface area (Å²) in [4.78, 5) is 31.7. The molecular formula is C31H33N3O2. The molecule has 1 aromatic heterocycles. The minimum absolute atomic E-state index is 0.0185. The minimum atomic E-state index is 0.0185. The zero-order valence-electron chi connectivity index (χ0n) is 20.6. The van der Waals surface area contributed by atoms with E-state index in [1.165, 1.54) is 11.1 Å². The third-order valence-corrected chi connectivity index (χ3v) is 7.80. The summed E-state index contributed by atoms with van der Waals surface area (Å²) >= 11 is 0. The van der Waals surface area contributed by atoms with Gasteiger partial charge in [-0.05, 0) is 60.4 Å². The molecule has 2 aromatic carbocycles. The number of rotatable bonds is 8. The van der Waals surface area contributed by atoms with Crippen LogP contribution in [0.3, 0.4) is 0 Å². The van der Waals surface area contributed by atoms with Gasteiger partial charge in [0, 0.05) is 43.7 Å². The van der Waals surface area contributed by atoms with Gasteiger partial charge in [-0.15, -0.1) is 0 Å². The van der Waals surface area contributed by atoms with E-state index in [2.05, 4.69) is 58.8 Å². The van der Waals surface area contributed by atoms with E-state index in [-0.39, 0.29) is 29.1 Å². The van der Waals surface area contributed by atoms with Crippen LogP contribution in [0.15, 0.2) is 91.1 Å². The standard InChI is InChI=1S/C31H33N3O2/c35-29(15-14-26-13-7-8-19-32-26)34-21-17-31(18-22-34)23-28(31)30(36)33-20-16-27(24-9-3-1-4-10-24)25-11-5-2-6-12-25/h1-15,19,27-28H,16-18,20-23H2,(H,33,36)/b15-14+. The molecule has 2 heterocycles. The van der Waals surface area contributed by atoms with E-state index in [9.17, 15) is 9.59 Å². The molecule has 0 radical (unpaired) electrons. The molecule has 1 saturated heterocycles. The molecule has 2 fully saturated rings. The van der Waals surface area contributed by atoms with Gasteiger partial charge < -0.3 is 10.2 Å². The second kappa shape index (κ2) is 10.9. The SMILES string of the molecule is O=C(NCCC(c1ccccc1)c1ccccc1)C1CC12CCN(C(=O)/C=C/c1ccccn1)CC2. The van der Waals surface area contributed by atoms with E-state index in [0.717, 1.165) is 31.4 Å². The lowest BCUT2D eigenvalue weighted by Crippen LogP contribution is -2.40. The van der Waals surface area contributed by atoms with Crippen molar-refractivity contribution in [3.8, 4) is 0 Å². The zero-order chi connectivity index (χ0) is 24.8. The van der Waals surface area contributed by atoms with Crippen molar-refractivity contribution in [2.45, 2.75) is 31.6 Å². The molecule has 2 aliphatic rings. The summed E-state index contributed by atoms with van der Waals surface area (Å²) in [6.07, 6.45) is 8.67. The monoisotopic (exact) mass is 479 g/mol. The molecule has 2 amide bonds. The first-order valence-corrected chi connectivity index (χ1v) is 12.9. The van der Waals surface area contributed by atoms with Gasteiger partial charge >= 0.3 is 0 Å². The van der Waals surface area contributed by atoms with E-state index >= 15 is 0 Å². The van der Waals surface area contributed by atoms with Crippen LogP contribution in [0.5, 0.6) is 0 Å². The van der Waals surface area contributed by atoms with Gasteiger partial charge in [-0.1, -0.05) is 66.7 Å². The maximum absolute atomic E-state index is 13.0. The van der Waals surface area contributed by atoms with Crippen LogP contribution in [-0.4, -0.2) is 41.3 Å². The van der Waals surface area contributed by atoms with E-state index in [4.69, 9.17) is 0 Å². The molecule has 1 aliphatic heterocycles. The van der Waals surface area contributed by atoms with E-state index < -0.39 is 0 Å². The molecular weight excluding hydrogens is 446 g/mol. The molecule has 36 heavy (non-hydrogen) atoms. The van der Waals surface area contributed by atoms with Crippen LogP contribution in [0, 0.1) is 11.3 Å². The highest BCUT2D eigenvalue weighted by Gasteiger charge is 2.58. The number of pyridine rings is 1. The first-order valence-electron chi connectivity index (χ1n) is 12.9. The van der Waals surface area contributed by atoms with Gasteiger partial charge in [-0.2, -0.15) is 0 Å². The fourth-order valence-electron chi connectivity index (χ4n) is 5.54. The lowest BCUT2D eigenvalue weighted by molar-refractivity contribution is -0.127. The second-order valence-electron chi connectivity index (χ2n) is 9.99. The van der Waals surface area contributed by atoms with Crippen LogP contribution in [0.2, 0.25) is 0 Å². The van der Waals surface area contributed by atoms with Crippen LogP contribution in [0.1, 0.15) is 48.4 Å². The van der Waals surface area contributed by atoms with E-state index in [1.807, 2.05) is 35.2 Å². The largest absolute Gasteiger partial charge is 0.356 e. The summed E-state index contributed by atoms with van der Waals surface area (Å²) in [5.74, 6) is 0.523. The van der Waals surface area contributed by atoms with Gasteiger partial charge in [0.15, 0.2) is 0 Å². The van der Waals surface area contributed by atoms with Gasteiger partial charge in [0.2, 0.25) is 11.8 Å². The number of nitrogens with zero attached hydrogens (tertiary/aromatic N) is 2. The number of carbonyl (C=O) groups excluding carboxylic acids is 2. The van der Waals surface area contributed by atoms with Crippen molar-refractivity contribution in [3.05, 3.63) is 108 Å². The fraction of sp³-hybridized carbons (Fsp3) is 0.323. The summed E-state index contributed by atoms with van der Waals surface area (Å²) in [6, 6.07) is 26.7. The molecule has 1 spiro atoms. The molecule has 5 nitrogen and oxygen atoms in total. The highest BCUT2D eigenvalue weighted by atomic mass is 16.2. The van der Waals surface area contributed by atoms with Gasteiger partial charge in [-0.25, -0.2) is 0 Å². The van der Waals surface area contributed by atoms with Crippen LogP contribution in [-0.2, 0) is 9.59 Å². The first-order chi connectivity index (χ1) is 17.6. The number of hydrogen-bond donors (Lipinski definition) is 1. The van der Waals surface area contributed by atoms with Gasteiger partial charge in [0.1, 0.15) is 0 Å². The average Bonchev–Trinajstić information content (AvgIpc) is 3.64. The van der Waals surface area contributed by atoms with Crippen molar-refractivity contribution in [2.24, 2.45) is 11.3 Å². The van der Waals surface area contributed by atoms with Crippen molar-refractivity contribution in [1.29, 1.82) is 0 Å². The maximum atomic E-state index is 13.0. The zero-order valence-corrected chi connectivity index (χ0v) is 20.6. The molecule has 184 valence electrons. The molecule has 1 atom stereocenters. The predicted octanol–water partition coefficient (Wildman–Crippen LogP) is 5.06. The summed E-state index contributed by atoms with van der Waals surface area (Å²) < 4.78 is 0. The van der Waals surface area contributed by atoms with Crippen LogP contribution in [0.25, 0.3) is 6.08 Å². The number of hydrogen-bond acceptors (Lipinski definition) is 3. The Morgan fingerprint density at radius 3 is 2.19 bits per heavy atom. The summed E-state index contributed by atoms with van der Waals surface area (Å²) in [5.41, 5.74) is 3.40. The number of benzene rings is 2. The fourth-order valence-corrected chi connectivity index (χ4v) is 5.54. The van der Waals surface area contributed by atoms with E-state index in [1.54, 1.807) is 18.3 Å². The summed E-state index contributed by atoms with van der Waals surface area (Å²) in [7, 11) is 0. The quantitative estimate of drug-likeness (QED) is 0.459. The van der Waals surface area contributed by atoms with Crippen molar-refractivity contribution in [2.75, 3.05) is 19.6 Å². The van der Waals surface area contributed by atoms with Crippen molar-refractivity contribution in [1.82, 2.24) is 15.2 Å². The molecule has 1 aliphatic carbocycles. The Hall–Kier alpha value is -3.73. The van der Waals surface area contributed by atoms with Gasteiger partial charge in [0.05, 0.1) is 5.69 Å². The second-order valence-corrected chi connectivity index (χ2v) is 9.99. The average molecular weight is 480 g/mol. The normalized spacial score (nSPS) is 18.5. The Morgan fingerprint density at radius 1 is 0.944 bits per heavy atom. The molecule has 1 saturated carbocycles. The number of nitrogens with one attached hydrogen (secondary N) is 1. The Bertz CT molecular complexity index is 1150. The van der Waals surface area contributed by atoms with Crippen molar-refractivity contribution in [3.63, 3.8) is 0 Å². The molecule has 5 heteroatoms. The van der Waals surface area contributed by atoms with Gasteiger partial charge in [-0.3, -0.25) is 14.6 Å². The Balaban J connectivity index is 1.10. The van der Waals surface area contributed by atoms with E-state index in [0.29, 0.717) is 19.6 Å². The van der Waals surface area contributed by atoms with Gasteiger partial charge in [0.25, 0.3) is 0 Å². The molecule has 3 aromatic rings. The smallest absolute Gasteiger partial charge is 0.246 e. The third kappa shape index (κ3) is 5.56. The first kappa shape index (κ1) is 24.0. The lowest BCUT2D eigenvalue weighted by atomic mass is 9.88. The molecule has 1 N–H and O–H groups in total. The number of likely N-dealkylation sites (tertiary alicyclic amines) is 1. The number of amides is 2. The van der Waals surface area contributed by atoms with Crippen LogP contribution >= 0.6 is 0 Å². The van der Waals surface area contributed by atoms with Crippen molar-refractivity contribution >= 4 is 17.9 Å². The predicted molar refractivity (Wildman–Crippen MR) is 142 cm³/mol. The number of carbonyl (C=O) groups is 2. The maximum Gasteiger partial charge on any atom is 0.246 e. The molecule has 1 unspecified atom stereocenters. The van der Waals surface area contributed by atoms with Crippen LogP contribution in [0.4, 0.5) is 0 Å². The number of aromatic nitrogens is 1. The topological polar surface area (TPSA) is 62.3 Å². The highest BCUT2D eigenvalue weighted by Crippen LogP contribution is 2.59. The summed E-state index contributed by atoms with van der Waals surface area (Å²) in [6.45, 7) is 2.07. The summed E-state index contributed by atoms with van der Waals surface area (Å²) in [5, 5.41) is 3.22. The highest BCUT2D eigenvalue weighted by molar-refractivity contribution is 5.91. The minimum Gasteiger partial charge on any atom is -0.356 e. The van der Waals surface area contributed by atoms with Crippen molar-refractivity contribution < 1.29 is 9.59 Å². The Kier molecular flexibility index (Phi) is 7.26. The third-order valence-electron chi connectivity index (χ3n) is 7.80. The lowest BCUT2D eigenvalue weighted by Gasteiger charge is -2.32. The molecule has 5 rings (SSSR count). The Morgan fingerprint density at radius 2 is 1.58 bits per heavy atom.